The molecule has 0 aromatic heterocycles. The lowest BCUT2D eigenvalue weighted by Crippen LogP contribution is -2.30. The Morgan fingerprint density at radius 2 is 1.90 bits per heavy atom. The van der Waals surface area contributed by atoms with E-state index >= 15 is 0 Å². The minimum atomic E-state index is -5.08. The van der Waals surface area contributed by atoms with Crippen molar-refractivity contribution in [1.82, 2.24) is 0 Å². The number of aliphatic carboxylic acids is 1. The van der Waals surface area contributed by atoms with Gasteiger partial charge in [-0.15, -0.1) is 0 Å². The standard InChI is InChI=1S/C14H13Cl2N3O3.C2HF3O2/c1-2-5-22-14(21)13(19-18)12(20)7-11(17)9-4-3-8(15)6-10(9)16;3-2(4,5)1(6)7/h2-4,6,11H,1,5,7,17H2;(H,6,7)/t11-;/m1./s1. The Morgan fingerprint density at radius 3 is 2.31 bits per heavy atom. The number of benzene rings is 1. The number of carboxylic acids is 1. The summed E-state index contributed by atoms with van der Waals surface area (Å²) in [6, 6.07) is 3.85. The maximum absolute atomic E-state index is 12.0. The minimum absolute atomic E-state index is 0.111. The van der Waals surface area contributed by atoms with Crippen LogP contribution in [0.1, 0.15) is 18.0 Å². The fourth-order valence-corrected chi connectivity index (χ4v) is 2.17. The van der Waals surface area contributed by atoms with E-state index in [1.165, 1.54) is 12.1 Å². The predicted molar refractivity (Wildman–Crippen MR) is 96.5 cm³/mol. The molecule has 1 aromatic carbocycles. The molecule has 158 valence electrons. The van der Waals surface area contributed by atoms with Gasteiger partial charge in [0.05, 0.1) is 0 Å². The number of carbonyl (C=O) groups excluding carboxylic acids is 2. The average molecular weight is 456 g/mol. The fraction of sp³-hybridized carbons (Fsp3) is 0.250. The molecule has 0 saturated heterocycles. The van der Waals surface area contributed by atoms with Gasteiger partial charge in [0, 0.05) is 22.5 Å². The first-order valence-electron chi connectivity index (χ1n) is 7.39. The lowest BCUT2D eigenvalue weighted by molar-refractivity contribution is -0.192. The highest BCUT2D eigenvalue weighted by Gasteiger charge is 2.38. The van der Waals surface area contributed by atoms with Crippen LogP contribution in [0.15, 0.2) is 30.9 Å². The van der Waals surface area contributed by atoms with Crippen molar-refractivity contribution in [1.29, 1.82) is 0 Å². The molecule has 0 amide bonds. The van der Waals surface area contributed by atoms with Crippen molar-refractivity contribution in [3.8, 4) is 0 Å². The average Bonchev–Trinajstić information content (AvgIpc) is 2.60. The van der Waals surface area contributed by atoms with Crippen molar-refractivity contribution < 1.29 is 42.2 Å². The third-order valence-electron chi connectivity index (χ3n) is 2.90. The Kier molecular flexibility index (Phi) is 10.9. The summed E-state index contributed by atoms with van der Waals surface area (Å²) in [6.07, 6.45) is -4.06. The number of halogens is 5. The molecule has 8 nitrogen and oxygen atoms in total. The highest BCUT2D eigenvalue weighted by molar-refractivity contribution is 6.62. The van der Waals surface area contributed by atoms with Gasteiger partial charge in [-0.05, 0) is 17.7 Å². The monoisotopic (exact) mass is 455 g/mol. The van der Waals surface area contributed by atoms with Gasteiger partial charge in [0.25, 0.3) is 5.78 Å². The first kappa shape index (κ1) is 26.3. The van der Waals surface area contributed by atoms with Crippen LogP contribution < -0.4 is 5.73 Å². The van der Waals surface area contributed by atoms with E-state index in [2.05, 4.69) is 16.1 Å². The Morgan fingerprint density at radius 1 is 1.34 bits per heavy atom. The van der Waals surface area contributed by atoms with Gasteiger partial charge in [-0.25, -0.2) is 9.59 Å². The second kappa shape index (κ2) is 12.0. The molecule has 29 heavy (non-hydrogen) atoms. The van der Waals surface area contributed by atoms with Crippen molar-refractivity contribution in [2.45, 2.75) is 18.6 Å². The van der Waals surface area contributed by atoms with Crippen LogP contribution >= 0.6 is 23.2 Å². The van der Waals surface area contributed by atoms with Crippen LogP contribution in [0.3, 0.4) is 0 Å². The summed E-state index contributed by atoms with van der Waals surface area (Å²) in [7, 11) is 0. The highest BCUT2D eigenvalue weighted by Crippen LogP contribution is 2.26. The second-order valence-electron chi connectivity index (χ2n) is 5.04. The molecule has 0 heterocycles. The third kappa shape index (κ3) is 9.35. The molecule has 13 heteroatoms. The summed E-state index contributed by atoms with van der Waals surface area (Å²) in [6.45, 7) is 3.25. The van der Waals surface area contributed by atoms with Gasteiger partial charge in [0.1, 0.15) is 6.61 Å². The molecular formula is C16H14Cl2F3N3O5. The number of hydrogen-bond acceptors (Lipinski definition) is 5. The SMILES string of the molecule is C=CCOC(=O)C(=[N+]=[N-])C(=O)C[C@@H](N)c1ccc(Cl)cc1Cl.O=C(O)C(F)(F)F. The number of esters is 1. The molecular weight excluding hydrogens is 442 g/mol. The van der Waals surface area contributed by atoms with Crippen LogP contribution in [0.4, 0.5) is 13.2 Å². The van der Waals surface area contributed by atoms with Gasteiger partial charge < -0.3 is 21.1 Å². The Balaban J connectivity index is 0.000000956. The first-order chi connectivity index (χ1) is 13.3. The summed E-state index contributed by atoms with van der Waals surface area (Å²) in [4.78, 5) is 35.1. The van der Waals surface area contributed by atoms with E-state index in [-0.39, 0.29) is 13.0 Å². The number of ether oxygens (including phenoxy) is 1. The van der Waals surface area contributed by atoms with E-state index in [0.717, 1.165) is 0 Å². The second-order valence-corrected chi connectivity index (χ2v) is 5.88. The zero-order valence-corrected chi connectivity index (χ0v) is 16.0. The molecule has 0 aliphatic carbocycles. The minimum Gasteiger partial charge on any atom is -0.475 e. The first-order valence-corrected chi connectivity index (χ1v) is 8.14. The van der Waals surface area contributed by atoms with Crippen LogP contribution in [0.2, 0.25) is 10.0 Å². The quantitative estimate of drug-likeness (QED) is 0.161. The number of rotatable bonds is 7. The molecule has 0 aliphatic rings. The van der Waals surface area contributed by atoms with Gasteiger partial charge in [-0.1, -0.05) is 41.9 Å². The molecule has 0 saturated carbocycles. The predicted octanol–water partition coefficient (Wildman–Crippen LogP) is 2.99. The van der Waals surface area contributed by atoms with Crippen LogP contribution in [-0.4, -0.2) is 46.1 Å². The number of Topliss-reactive ketones (excluding diaryl/α,β-unsaturated/α-hetero) is 1. The molecule has 3 N–H and O–H groups in total. The smallest absolute Gasteiger partial charge is 0.475 e. The van der Waals surface area contributed by atoms with Crippen LogP contribution in [0, 0.1) is 0 Å². The Hall–Kier alpha value is -2.72. The molecule has 0 aliphatic heterocycles. The van der Waals surface area contributed by atoms with E-state index in [9.17, 15) is 22.8 Å². The van der Waals surface area contributed by atoms with Gasteiger partial charge in [-0.3, -0.25) is 4.79 Å². The fourth-order valence-electron chi connectivity index (χ4n) is 1.62. The molecule has 0 unspecified atom stereocenters. The normalized spacial score (nSPS) is 11.2. The van der Waals surface area contributed by atoms with E-state index in [1.807, 2.05) is 0 Å². The van der Waals surface area contributed by atoms with Crippen LogP contribution in [0.5, 0.6) is 0 Å². The lowest BCUT2D eigenvalue weighted by atomic mass is 10.0. The number of nitrogens with zero attached hydrogens (tertiary/aromatic N) is 2. The van der Waals surface area contributed by atoms with E-state index in [1.54, 1.807) is 12.1 Å². The van der Waals surface area contributed by atoms with Crippen molar-refractivity contribution in [2.75, 3.05) is 6.61 Å². The maximum Gasteiger partial charge on any atom is 0.490 e. The zero-order chi connectivity index (χ0) is 22.8. The number of carboxylic acid groups (broad SMARTS) is 1. The van der Waals surface area contributed by atoms with E-state index in [4.69, 9.17) is 44.4 Å². The summed E-state index contributed by atoms with van der Waals surface area (Å²) < 4.78 is 36.4. The van der Waals surface area contributed by atoms with Gasteiger partial charge >= 0.3 is 23.8 Å². The Labute approximate surface area is 172 Å². The highest BCUT2D eigenvalue weighted by atomic mass is 35.5. The van der Waals surface area contributed by atoms with Gasteiger partial charge in [0.2, 0.25) is 0 Å². The van der Waals surface area contributed by atoms with Crippen LogP contribution in [0.25, 0.3) is 5.53 Å². The summed E-state index contributed by atoms with van der Waals surface area (Å²) in [5, 5.41) is 7.85. The number of ketones is 1. The van der Waals surface area contributed by atoms with E-state index < -0.39 is 35.7 Å². The Bertz CT molecular complexity index is 840. The van der Waals surface area contributed by atoms with E-state index in [0.29, 0.717) is 15.6 Å². The van der Waals surface area contributed by atoms with Crippen molar-refractivity contribution >= 4 is 46.6 Å². The van der Waals surface area contributed by atoms with Gasteiger partial charge in [0.15, 0.2) is 0 Å². The number of nitrogens with two attached hydrogens (primary N) is 1. The molecule has 0 bridgehead atoms. The molecule has 1 aromatic rings. The molecule has 0 spiro atoms. The van der Waals surface area contributed by atoms with Gasteiger partial charge in [-0.2, -0.15) is 18.0 Å². The van der Waals surface area contributed by atoms with Crippen molar-refractivity contribution in [3.05, 3.63) is 52.0 Å². The zero-order valence-electron chi connectivity index (χ0n) is 14.4. The van der Waals surface area contributed by atoms with Crippen molar-refractivity contribution in [3.63, 3.8) is 0 Å². The van der Waals surface area contributed by atoms with Crippen molar-refractivity contribution in [2.24, 2.45) is 5.73 Å². The largest absolute Gasteiger partial charge is 0.490 e. The topological polar surface area (TPSA) is 143 Å². The lowest BCUT2D eigenvalue weighted by Gasteiger charge is -2.12. The summed E-state index contributed by atoms with van der Waals surface area (Å²) >= 11 is 11.8. The molecule has 1 rings (SSSR count). The number of alkyl halides is 3. The molecule has 0 radical (unpaired) electrons. The van der Waals surface area contributed by atoms with Crippen LogP contribution in [-0.2, 0) is 19.1 Å². The summed E-state index contributed by atoms with van der Waals surface area (Å²) in [5.74, 6) is -4.58. The third-order valence-corrected chi connectivity index (χ3v) is 3.46. The maximum atomic E-state index is 12.0. The number of hydrogen-bond donors (Lipinski definition) is 2. The molecule has 0 fully saturated rings. The molecule has 1 atom stereocenters. The number of carbonyl (C=O) groups is 3. The summed E-state index contributed by atoms with van der Waals surface area (Å²) in [5.41, 5.74) is 14.4.